The predicted octanol–water partition coefficient (Wildman–Crippen LogP) is 2.26. The fourth-order valence-corrected chi connectivity index (χ4v) is 2.49. The van der Waals surface area contributed by atoms with Crippen LogP contribution in [0.3, 0.4) is 0 Å². The number of anilines is 1. The van der Waals surface area contributed by atoms with E-state index in [9.17, 15) is 14.9 Å². The highest BCUT2D eigenvalue weighted by atomic mass is 35.5. The second kappa shape index (κ2) is 6.73. The monoisotopic (exact) mass is 314 g/mol. The van der Waals surface area contributed by atoms with Gasteiger partial charge < -0.3 is 14.4 Å². The fourth-order valence-electron chi connectivity index (χ4n) is 2.16. The minimum absolute atomic E-state index is 0.0746. The molecule has 1 heterocycles. The minimum Gasteiger partial charge on any atom is -0.462 e. The number of esters is 1. The van der Waals surface area contributed by atoms with Crippen molar-refractivity contribution in [2.24, 2.45) is 0 Å². The molecule has 0 aliphatic carbocycles. The molecule has 21 heavy (non-hydrogen) atoms. The second-order valence-corrected chi connectivity index (χ2v) is 4.81. The van der Waals surface area contributed by atoms with E-state index in [1.807, 2.05) is 0 Å². The molecule has 114 valence electrons. The Kier molecular flexibility index (Phi) is 4.98. The van der Waals surface area contributed by atoms with Gasteiger partial charge in [0.1, 0.15) is 5.69 Å². The lowest BCUT2D eigenvalue weighted by Crippen LogP contribution is -2.36. The maximum Gasteiger partial charge on any atom is 0.338 e. The molecular formula is C13H15ClN2O5. The molecule has 0 bridgehead atoms. The van der Waals surface area contributed by atoms with Crippen LogP contribution in [0, 0.1) is 10.1 Å². The van der Waals surface area contributed by atoms with Crippen LogP contribution in [-0.2, 0) is 9.47 Å². The Morgan fingerprint density at radius 3 is 2.71 bits per heavy atom. The molecule has 8 heteroatoms. The fraction of sp³-hybridized carbons (Fsp3) is 0.462. The molecule has 0 N–H and O–H groups in total. The number of nitro groups is 1. The average molecular weight is 315 g/mol. The number of hydrogen-bond acceptors (Lipinski definition) is 6. The lowest BCUT2D eigenvalue weighted by atomic mass is 10.1. The topological polar surface area (TPSA) is 81.9 Å². The van der Waals surface area contributed by atoms with Gasteiger partial charge in [-0.05, 0) is 13.0 Å². The maximum atomic E-state index is 11.7. The lowest BCUT2D eigenvalue weighted by molar-refractivity contribution is -0.384. The quantitative estimate of drug-likeness (QED) is 0.481. The van der Waals surface area contributed by atoms with Crippen molar-refractivity contribution in [2.45, 2.75) is 6.92 Å². The van der Waals surface area contributed by atoms with Crippen molar-refractivity contribution in [2.75, 3.05) is 37.8 Å². The van der Waals surface area contributed by atoms with Crippen molar-refractivity contribution in [3.63, 3.8) is 0 Å². The number of nitrogens with zero attached hydrogens (tertiary/aromatic N) is 2. The molecule has 0 saturated carbocycles. The summed E-state index contributed by atoms with van der Waals surface area (Å²) >= 11 is 6.16. The largest absolute Gasteiger partial charge is 0.462 e. The highest BCUT2D eigenvalue weighted by molar-refractivity contribution is 6.34. The van der Waals surface area contributed by atoms with Crippen LogP contribution in [0.2, 0.25) is 5.02 Å². The van der Waals surface area contributed by atoms with E-state index in [1.165, 1.54) is 12.1 Å². The summed E-state index contributed by atoms with van der Waals surface area (Å²) in [7, 11) is 0. The highest BCUT2D eigenvalue weighted by Crippen LogP contribution is 2.37. The number of hydrogen-bond donors (Lipinski definition) is 0. The van der Waals surface area contributed by atoms with E-state index >= 15 is 0 Å². The third-order valence-electron chi connectivity index (χ3n) is 3.08. The smallest absolute Gasteiger partial charge is 0.338 e. The molecule has 0 spiro atoms. The van der Waals surface area contributed by atoms with Crippen LogP contribution in [0.15, 0.2) is 12.1 Å². The van der Waals surface area contributed by atoms with Gasteiger partial charge in [0.05, 0.1) is 35.3 Å². The zero-order valence-electron chi connectivity index (χ0n) is 11.5. The summed E-state index contributed by atoms with van der Waals surface area (Å²) in [4.78, 5) is 24.3. The SMILES string of the molecule is CCOC(=O)c1cc(Cl)c(N2CCOCC2)c([N+](=O)[O-])c1. The summed E-state index contributed by atoms with van der Waals surface area (Å²) in [5, 5.41) is 11.4. The Labute approximate surface area is 126 Å². The minimum atomic E-state index is -0.629. The Morgan fingerprint density at radius 2 is 2.14 bits per heavy atom. The van der Waals surface area contributed by atoms with Crippen molar-refractivity contribution >= 4 is 28.9 Å². The van der Waals surface area contributed by atoms with Crippen LogP contribution < -0.4 is 4.90 Å². The van der Waals surface area contributed by atoms with Gasteiger partial charge >= 0.3 is 5.97 Å². The Hall–Kier alpha value is -1.86. The number of morpholine rings is 1. The molecule has 0 atom stereocenters. The first-order chi connectivity index (χ1) is 10.0. The van der Waals surface area contributed by atoms with Gasteiger partial charge in [0.2, 0.25) is 0 Å². The zero-order chi connectivity index (χ0) is 15.4. The summed E-state index contributed by atoms with van der Waals surface area (Å²) in [6, 6.07) is 2.60. The number of carbonyl (C=O) groups is 1. The third kappa shape index (κ3) is 3.43. The Balaban J connectivity index is 2.44. The molecule has 0 radical (unpaired) electrons. The van der Waals surface area contributed by atoms with E-state index in [4.69, 9.17) is 21.1 Å². The summed E-state index contributed by atoms with van der Waals surface area (Å²) in [5.74, 6) is -0.629. The number of nitro benzene ring substituents is 1. The van der Waals surface area contributed by atoms with Gasteiger partial charge in [0.15, 0.2) is 0 Å². The molecular weight excluding hydrogens is 300 g/mol. The molecule has 0 unspecified atom stereocenters. The van der Waals surface area contributed by atoms with Crippen LogP contribution in [0.5, 0.6) is 0 Å². The van der Waals surface area contributed by atoms with E-state index in [2.05, 4.69) is 0 Å². The zero-order valence-corrected chi connectivity index (χ0v) is 12.3. The van der Waals surface area contributed by atoms with E-state index in [-0.39, 0.29) is 22.9 Å². The van der Waals surface area contributed by atoms with Gasteiger partial charge in [-0.25, -0.2) is 4.79 Å². The number of carbonyl (C=O) groups excluding carboxylic acids is 1. The Bertz CT molecular complexity index is 558. The van der Waals surface area contributed by atoms with Gasteiger partial charge in [0.25, 0.3) is 5.69 Å². The van der Waals surface area contributed by atoms with Gasteiger partial charge in [-0.1, -0.05) is 11.6 Å². The van der Waals surface area contributed by atoms with Gasteiger partial charge in [0, 0.05) is 19.2 Å². The number of benzene rings is 1. The number of ether oxygens (including phenoxy) is 2. The van der Waals surface area contributed by atoms with Crippen molar-refractivity contribution in [3.8, 4) is 0 Å². The number of rotatable bonds is 4. The summed E-state index contributed by atoms with van der Waals surface area (Å²) < 4.78 is 10.1. The van der Waals surface area contributed by atoms with Crippen LogP contribution in [0.25, 0.3) is 0 Å². The molecule has 1 saturated heterocycles. The third-order valence-corrected chi connectivity index (χ3v) is 3.37. The summed E-state index contributed by atoms with van der Waals surface area (Å²) in [6.45, 7) is 3.84. The van der Waals surface area contributed by atoms with E-state index in [0.29, 0.717) is 32.0 Å². The predicted molar refractivity (Wildman–Crippen MR) is 77.1 cm³/mol. The van der Waals surface area contributed by atoms with Crippen LogP contribution >= 0.6 is 11.6 Å². The van der Waals surface area contributed by atoms with Crippen molar-refractivity contribution in [3.05, 3.63) is 32.8 Å². The molecule has 1 fully saturated rings. The van der Waals surface area contributed by atoms with Crippen LogP contribution in [0.4, 0.5) is 11.4 Å². The second-order valence-electron chi connectivity index (χ2n) is 4.40. The molecule has 1 aromatic rings. The van der Waals surface area contributed by atoms with Crippen LogP contribution in [0.1, 0.15) is 17.3 Å². The van der Waals surface area contributed by atoms with E-state index < -0.39 is 10.9 Å². The molecule has 1 aromatic carbocycles. The first kappa shape index (κ1) is 15.5. The van der Waals surface area contributed by atoms with Crippen molar-refractivity contribution in [1.82, 2.24) is 0 Å². The van der Waals surface area contributed by atoms with Crippen molar-refractivity contribution < 1.29 is 19.2 Å². The van der Waals surface area contributed by atoms with E-state index in [0.717, 1.165) is 0 Å². The molecule has 0 aromatic heterocycles. The number of halogens is 1. The maximum absolute atomic E-state index is 11.7. The molecule has 7 nitrogen and oxygen atoms in total. The van der Waals surface area contributed by atoms with Crippen molar-refractivity contribution in [1.29, 1.82) is 0 Å². The van der Waals surface area contributed by atoms with Gasteiger partial charge in [-0.3, -0.25) is 10.1 Å². The van der Waals surface area contributed by atoms with Crippen LogP contribution in [-0.4, -0.2) is 43.8 Å². The summed E-state index contributed by atoms with van der Waals surface area (Å²) in [5.41, 5.74) is 0.191. The van der Waals surface area contributed by atoms with E-state index in [1.54, 1.807) is 11.8 Å². The summed E-state index contributed by atoms with van der Waals surface area (Å²) in [6.07, 6.45) is 0. The molecule has 2 rings (SSSR count). The lowest BCUT2D eigenvalue weighted by Gasteiger charge is -2.29. The normalized spacial score (nSPS) is 14.9. The highest BCUT2D eigenvalue weighted by Gasteiger charge is 2.27. The average Bonchev–Trinajstić information content (AvgIpc) is 2.47. The first-order valence-electron chi connectivity index (χ1n) is 6.52. The molecule has 0 amide bonds. The molecule has 1 aliphatic rings. The standard InChI is InChI=1S/C13H15ClN2O5/c1-2-21-13(17)9-7-10(14)12(11(8-9)16(18)19)15-3-5-20-6-4-15/h7-8H,2-6H2,1H3. The Morgan fingerprint density at radius 1 is 1.48 bits per heavy atom. The van der Waals surface area contributed by atoms with Gasteiger partial charge in [-0.2, -0.15) is 0 Å². The first-order valence-corrected chi connectivity index (χ1v) is 6.90. The molecule has 1 aliphatic heterocycles. The van der Waals surface area contributed by atoms with Gasteiger partial charge in [-0.15, -0.1) is 0 Å².